The molecule has 0 N–H and O–H groups in total. The lowest BCUT2D eigenvalue weighted by atomic mass is 10.1. The summed E-state index contributed by atoms with van der Waals surface area (Å²) >= 11 is 1.64. The molecule has 1 nitrogen and oxygen atoms in total. The van der Waals surface area contributed by atoms with Crippen molar-refractivity contribution < 1.29 is 4.39 Å². The second-order valence-electron chi connectivity index (χ2n) is 3.35. The van der Waals surface area contributed by atoms with Crippen LogP contribution in [-0.4, -0.2) is 10.7 Å². The maximum Gasteiger partial charge on any atom is 0.149 e. The SMILES string of the molecule is CCSc1cc(C)c2cccc(F)c2n1. The Morgan fingerprint density at radius 1 is 1.40 bits per heavy atom. The minimum absolute atomic E-state index is 0.242. The molecule has 0 saturated carbocycles. The molecule has 3 heteroatoms. The molecular weight excluding hydrogens is 209 g/mol. The third-order valence-corrected chi connectivity index (χ3v) is 3.06. The van der Waals surface area contributed by atoms with Crippen molar-refractivity contribution in [1.29, 1.82) is 0 Å². The monoisotopic (exact) mass is 221 g/mol. The van der Waals surface area contributed by atoms with Crippen LogP contribution in [0.3, 0.4) is 0 Å². The van der Waals surface area contributed by atoms with Crippen molar-refractivity contribution in [2.45, 2.75) is 18.9 Å². The zero-order valence-corrected chi connectivity index (χ0v) is 9.57. The fraction of sp³-hybridized carbons (Fsp3) is 0.250. The van der Waals surface area contributed by atoms with Gasteiger partial charge in [0.1, 0.15) is 11.3 Å². The predicted molar refractivity (Wildman–Crippen MR) is 62.8 cm³/mol. The van der Waals surface area contributed by atoms with Gasteiger partial charge in [-0.25, -0.2) is 9.37 Å². The highest BCUT2D eigenvalue weighted by molar-refractivity contribution is 7.99. The van der Waals surface area contributed by atoms with E-state index in [0.29, 0.717) is 5.52 Å². The highest BCUT2D eigenvalue weighted by Gasteiger charge is 2.06. The summed E-state index contributed by atoms with van der Waals surface area (Å²) in [6, 6.07) is 7.09. The molecule has 2 rings (SSSR count). The van der Waals surface area contributed by atoms with Crippen LogP contribution in [0.15, 0.2) is 29.3 Å². The molecule has 1 aromatic carbocycles. The maximum atomic E-state index is 13.5. The number of hydrogen-bond acceptors (Lipinski definition) is 2. The first-order valence-electron chi connectivity index (χ1n) is 4.91. The predicted octanol–water partition coefficient (Wildman–Crippen LogP) is 3.79. The molecule has 1 aromatic heterocycles. The van der Waals surface area contributed by atoms with Gasteiger partial charge >= 0.3 is 0 Å². The summed E-state index contributed by atoms with van der Waals surface area (Å²) < 4.78 is 13.5. The Bertz CT molecular complexity index is 496. The summed E-state index contributed by atoms with van der Waals surface area (Å²) in [5.41, 5.74) is 1.56. The van der Waals surface area contributed by atoms with Crippen LogP contribution in [0.5, 0.6) is 0 Å². The van der Waals surface area contributed by atoms with Crippen LogP contribution in [0, 0.1) is 12.7 Å². The molecule has 78 valence electrons. The third-order valence-electron chi connectivity index (χ3n) is 2.27. The van der Waals surface area contributed by atoms with E-state index in [2.05, 4.69) is 11.9 Å². The summed E-state index contributed by atoms with van der Waals surface area (Å²) in [6.45, 7) is 4.05. The normalized spacial score (nSPS) is 10.9. The van der Waals surface area contributed by atoms with Gasteiger partial charge in [0.2, 0.25) is 0 Å². The fourth-order valence-electron chi connectivity index (χ4n) is 1.57. The molecule has 0 fully saturated rings. The molecule has 0 bridgehead atoms. The molecule has 15 heavy (non-hydrogen) atoms. The minimum atomic E-state index is -0.242. The Hall–Kier alpha value is -1.09. The molecule has 0 aliphatic carbocycles. The molecule has 1 heterocycles. The number of thioether (sulfide) groups is 1. The van der Waals surface area contributed by atoms with E-state index in [1.54, 1.807) is 17.8 Å². The first kappa shape index (κ1) is 10.4. The number of nitrogens with zero attached hydrogens (tertiary/aromatic N) is 1. The molecule has 0 saturated heterocycles. The van der Waals surface area contributed by atoms with Crippen molar-refractivity contribution in [3.8, 4) is 0 Å². The van der Waals surface area contributed by atoms with Crippen molar-refractivity contribution in [3.63, 3.8) is 0 Å². The van der Waals surface area contributed by atoms with Gasteiger partial charge in [0.25, 0.3) is 0 Å². The number of benzene rings is 1. The summed E-state index contributed by atoms with van der Waals surface area (Å²) in [5.74, 6) is 0.709. The second kappa shape index (κ2) is 4.19. The highest BCUT2D eigenvalue weighted by atomic mass is 32.2. The smallest absolute Gasteiger partial charge is 0.149 e. The van der Waals surface area contributed by atoms with Crippen LogP contribution in [0.2, 0.25) is 0 Å². The van der Waals surface area contributed by atoms with Crippen LogP contribution in [0.1, 0.15) is 12.5 Å². The molecule has 0 atom stereocenters. The van der Waals surface area contributed by atoms with E-state index < -0.39 is 0 Å². The number of halogens is 1. The number of rotatable bonds is 2. The zero-order valence-electron chi connectivity index (χ0n) is 8.75. The Kier molecular flexibility index (Phi) is 2.91. The maximum absolute atomic E-state index is 13.5. The van der Waals surface area contributed by atoms with Gasteiger partial charge in [-0.15, -0.1) is 11.8 Å². The van der Waals surface area contributed by atoms with Gasteiger partial charge in [-0.3, -0.25) is 0 Å². The lowest BCUT2D eigenvalue weighted by molar-refractivity contribution is 0.636. The molecular formula is C12H12FNS. The Morgan fingerprint density at radius 2 is 2.20 bits per heavy atom. The van der Waals surface area contributed by atoms with Crippen LogP contribution in [0.25, 0.3) is 10.9 Å². The highest BCUT2D eigenvalue weighted by Crippen LogP contribution is 2.24. The Balaban J connectivity index is 2.68. The summed E-state index contributed by atoms with van der Waals surface area (Å²) in [7, 11) is 0. The van der Waals surface area contributed by atoms with Crippen LogP contribution >= 0.6 is 11.8 Å². The number of aromatic nitrogens is 1. The quantitative estimate of drug-likeness (QED) is 0.715. The summed E-state index contributed by atoms with van der Waals surface area (Å²) in [4.78, 5) is 4.31. The first-order valence-corrected chi connectivity index (χ1v) is 5.89. The van der Waals surface area contributed by atoms with Crippen LogP contribution < -0.4 is 0 Å². The van der Waals surface area contributed by atoms with Crippen molar-refractivity contribution in [2.24, 2.45) is 0 Å². The van der Waals surface area contributed by atoms with Crippen LogP contribution in [0.4, 0.5) is 4.39 Å². The molecule has 0 amide bonds. The average molecular weight is 221 g/mol. The van der Waals surface area contributed by atoms with Gasteiger partial charge in [-0.2, -0.15) is 0 Å². The topological polar surface area (TPSA) is 12.9 Å². The van der Waals surface area contributed by atoms with Crippen LogP contribution in [-0.2, 0) is 0 Å². The fourth-order valence-corrected chi connectivity index (χ4v) is 2.29. The lowest BCUT2D eigenvalue weighted by Gasteiger charge is -2.05. The number of aryl methyl sites for hydroxylation is 1. The van der Waals surface area contributed by atoms with Gasteiger partial charge in [0, 0.05) is 5.39 Å². The van der Waals surface area contributed by atoms with E-state index >= 15 is 0 Å². The van der Waals surface area contributed by atoms with E-state index in [1.807, 2.05) is 19.1 Å². The Labute approximate surface area is 92.7 Å². The van der Waals surface area contributed by atoms with E-state index in [1.165, 1.54) is 6.07 Å². The van der Waals surface area contributed by atoms with Crippen molar-refractivity contribution in [3.05, 3.63) is 35.6 Å². The van der Waals surface area contributed by atoms with Gasteiger partial charge in [-0.05, 0) is 30.4 Å². The molecule has 0 radical (unpaired) electrons. The van der Waals surface area contributed by atoms with Gasteiger partial charge in [0.05, 0.1) is 5.03 Å². The molecule has 0 aliphatic heterocycles. The standard InChI is InChI=1S/C12H12FNS/c1-3-15-11-7-8(2)9-5-4-6-10(13)12(9)14-11/h4-7H,3H2,1-2H3. The van der Waals surface area contributed by atoms with E-state index in [4.69, 9.17) is 0 Å². The second-order valence-corrected chi connectivity index (χ2v) is 4.63. The summed E-state index contributed by atoms with van der Waals surface area (Å²) in [6.07, 6.45) is 0. The zero-order chi connectivity index (χ0) is 10.8. The lowest BCUT2D eigenvalue weighted by Crippen LogP contribution is -1.90. The van der Waals surface area contributed by atoms with Gasteiger partial charge in [-0.1, -0.05) is 19.1 Å². The van der Waals surface area contributed by atoms with E-state index in [9.17, 15) is 4.39 Å². The first-order chi connectivity index (χ1) is 7.22. The van der Waals surface area contributed by atoms with Gasteiger partial charge in [0.15, 0.2) is 0 Å². The molecule has 0 spiro atoms. The number of para-hydroxylation sites is 1. The van der Waals surface area contributed by atoms with E-state index in [-0.39, 0.29) is 5.82 Å². The third kappa shape index (κ3) is 1.97. The van der Waals surface area contributed by atoms with E-state index in [0.717, 1.165) is 21.7 Å². The molecule has 0 unspecified atom stereocenters. The van der Waals surface area contributed by atoms with Crippen molar-refractivity contribution >= 4 is 22.7 Å². The largest absolute Gasteiger partial charge is 0.238 e. The summed E-state index contributed by atoms with van der Waals surface area (Å²) in [5, 5.41) is 1.79. The number of hydrogen-bond donors (Lipinski definition) is 0. The average Bonchev–Trinajstić information content (AvgIpc) is 2.20. The Morgan fingerprint density at radius 3 is 2.93 bits per heavy atom. The van der Waals surface area contributed by atoms with Crippen molar-refractivity contribution in [1.82, 2.24) is 4.98 Å². The number of pyridine rings is 1. The van der Waals surface area contributed by atoms with Gasteiger partial charge < -0.3 is 0 Å². The molecule has 0 aliphatic rings. The minimum Gasteiger partial charge on any atom is -0.238 e. The molecule has 2 aromatic rings. The van der Waals surface area contributed by atoms with Crippen molar-refractivity contribution in [2.75, 3.05) is 5.75 Å². The number of fused-ring (bicyclic) bond motifs is 1.